The van der Waals surface area contributed by atoms with E-state index in [-0.39, 0.29) is 17.1 Å². The Balaban J connectivity index is 0.000000209. The molecule has 0 aromatic heterocycles. The van der Waals surface area contributed by atoms with Crippen LogP contribution in [0.2, 0.25) is 0 Å². The van der Waals surface area contributed by atoms with Gasteiger partial charge in [-0.1, -0.05) is 27.4 Å². The second kappa shape index (κ2) is 4.45. The highest BCUT2D eigenvalue weighted by Crippen LogP contribution is 2.65. The van der Waals surface area contributed by atoms with Crippen molar-refractivity contribution in [1.29, 1.82) is 0 Å². The van der Waals surface area contributed by atoms with Crippen LogP contribution < -0.4 is 0 Å². The van der Waals surface area contributed by atoms with Crippen LogP contribution in [0.1, 0.15) is 47.0 Å². The average molecular weight is 240 g/mol. The van der Waals surface area contributed by atoms with Gasteiger partial charge >= 0.3 is 5.97 Å². The zero-order chi connectivity index (χ0) is 13.4. The van der Waals surface area contributed by atoms with Gasteiger partial charge in [0.1, 0.15) is 0 Å². The lowest BCUT2D eigenvalue weighted by atomic mass is 9.70. The van der Waals surface area contributed by atoms with Crippen LogP contribution in [0.5, 0.6) is 0 Å². The predicted octanol–water partition coefficient (Wildman–Crippen LogP) is 2.84. The van der Waals surface area contributed by atoms with Crippen LogP contribution in [0.25, 0.3) is 0 Å². The third-order valence-electron chi connectivity index (χ3n) is 5.11. The van der Waals surface area contributed by atoms with Crippen LogP contribution in [-0.4, -0.2) is 22.3 Å². The summed E-state index contributed by atoms with van der Waals surface area (Å²) >= 11 is 0. The molecule has 3 nitrogen and oxygen atoms in total. The van der Waals surface area contributed by atoms with Crippen molar-refractivity contribution < 1.29 is 15.0 Å². The largest absolute Gasteiger partial charge is 0.478 e. The molecule has 0 aromatic rings. The van der Waals surface area contributed by atoms with E-state index in [1.807, 2.05) is 0 Å². The Morgan fingerprint density at radius 2 is 1.82 bits per heavy atom. The molecule has 2 aliphatic carbocycles. The van der Waals surface area contributed by atoms with Crippen LogP contribution in [0.15, 0.2) is 12.2 Å². The van der Waals surface area contributed by atoms with E-state index < -0.39 is 5.97 Å². The lowest BCUT2D eigenvalue weighted by Gasteiger charge is -2.36. The average Bonchev–Trinajstić information content (AvgIpc) is 2.51. The fourth-order valence-corrected chi connectivity index (χ4v) is 3.16. The summed E-state index contributed by atoms with van der Waals surface area (Å²) in [5.74, 6) is -0.155. The van der Waals surface area contributed by atoms with Gasteiger partial charge in [-0.3, -0.25) is 0 Å². The molecule has 98 valence electrons. The van der Waals surface area contributed by atoms with Crippen LogP contribution in [-0.2, 0) is 4.79 Å². The Kier molecular flexibility index (Phi) is 3.72. The first-order valence-corrected chi connectivity index (χ1v) is 6.20. The molecule has 0 aliphatic heterocycles. The van der Waals surface area contributed by atoms with Crippen molar-refractivity contribution in [2.24, 2.45) is 16.7 Å². The lowest BCUT2D eigenvalue weighted by molar-refractivity contribution is -0.132. The Labute approximate surface area is 104 Å². The fraction of sp³-hybridized carbons (Fsp3) is 0.786. The Morgan fingerprint density at radius 3 is 1.94 bits per heavy atom. The number of hydrogen-bond acceptors (Lipinski definition) is 2. The van der Waals surface area contributed by atoms with Crippen molar-refractivity contribution in [3.8, 4) is 0 Å². The van der Waals surface area contributed by atoms with Crippen molar-refractivity contribution in [1.82, 2.24) is 0 Å². The molecule has 2 rings (SSSR count). The topological polar surface area (TPSA) is 57.5 Å². The maximum Gasteiger partial charge on any atom is 0.330 e. The molecular formula is C14H24O3. The molecular weight excluding hydrogens is 216 g/mol. The Bertz CT molecular complexity index is 320. The summed E-state index contributed by atoms with van der Waals surface area (Å²) in [6.45, 7) is 11.5. The molecule has 3 unspecified atom stereocenters. The molecule has 2 bridgehead atoms. The number of rotatable bonds is 1. The quantitative estimate of drug-likeness (QED) is 0.693. The summed E-state index contributed by atoms with van der Waals surface area (Å²) in [5.41, 5.74) is 0.777. The van der Waals surface area contributed by atoms with Crippen LogP contribution in [0.3, 0.4) is 0 Å². The summed E-state index contributed by atoms with van der Waals surface area (Å²) in [6, 6.07) is 0. The molecule has 3 heteroatoms. The highest BCUT2D eigenvalue weighted by molar-refractivity contribution is 5.84. The minimum Gasteiger partial charge on any atom is -0.478 e. The second-order valence-electron chi connectivity index (χ2n) is 6.21. The summed E-state index contributed by atoms with van der Waals surface area (Å²) in [7, 11) is 0. The van der Waals surface area contributed by atoms with E-state index in [1.165, 1.54) is 19.8 Å². The predicted molar refractivity (Wildman–Crippen MR) is 67.7 cm³/mol. The van der Waals surface area contributed by atoms with Crippen molar-refractivity contribution in [2.45, 2.75) is 53.1 Å². The van der Waals surface area contributed by atoms with E-state index in [0.717, 1.165) is 12.3 Å². The Morgan fingerprint density at radius 1 is 1.35 bits per heavy atom. The highest BCUT2D eigenvalue weighted by atomic mass is 16.4. The standard InChI is InChI=1S/C10H18O.C4H6O2/c1-9(2)7-4-5-10(9,3)8(11)6-7;1-3(2)4(5)6/h7-8,11H,4-6H2,1-3H3;1H2,2H3,(H,5,6). The van der Waals surface area contributed by atoms with Crippen molar-refractivity contribution in [3.05, 3.63) is 12.2 Å². The molecule has 17 heavy (non-hydrogen) atoms. The first-order valence-electron chi connectivity index (χ1n) is 6.20. The number of fused-ring (bicyclic) bond motifs is 2. The molecule has 0 saturated heterocycles. The molecule has 0 spiro atoms. The number of carbonyl (C=O) groups is 1. The van der Waals surface area contributed by atoms with Gasteiger partial charge in [-0.25, -0.2) is 4.79 Å². The van der Waals surface area contributed by atoms with Crippen molar-refractivity contribution >= 4 is 5.97 Å². The summed E-state index contributed by atoms with van der Waals surface area (Å²) < 4.78 is 0. The molecule has 0 amide bonds. The number of carboxylic acids is 1. The minimum absolute atomic E-state index is 0.0313. The zero-order valence-electron chi connectivity index (χ0n) is 11.3. The van der Waals surface area contributed by atoms with Crippen molar-refractivity contribution in [2.75, 3.05) is 0 Å². The van der Waals surface area contributed by atoms with E-state index in [2.05, 4.69) is 27.4 Å². The number of aliphatic carboxylic acids is 1. The molecule has 0 radical (unpaired) electrons. The molecule has 0 heterocycles. The molecule has 2 aliphatic rings. The normalized spacial score (nSPS) is 37.2. The van der Waals surface area contributed by atoms with Gasteiger partial charge in [0.2, 0.25) is 0 Å². The number of aliphatic hydroxyl groups excluding tert-OH is 1. The van der Waals surface area contributed by atoms with Crippen LogP contribution in [0.4, 0.5) is 0 Å². The fourth-order valence-electron chi connectivity index (χ4n) is 3.16. The summed E-state index contributed by atoms with van der Waals surface area (Å²) in [4.78, 5) is 9.60. The molecule has 2 fully saturated rings. The number of aliphatic hydroxyl groups is 1. The second-order valence-corrected chi connectivity index (χ2v) is 6.21. The van der Waals surface area contributed by atoms with Gasteiger partial charge in [-0.05, 0) is 42.9 Å². The van der Waals surface area contributed by atoms with Crippen LogP contribution >= 0.6 is 0 Å². The van der Waals surface area contributed by atoms with Gasteiger partial charge in [0, 0.05) is 5.57 Å². The lowest BCUT2D eigenvalue weighted by Crippen LogP contribution is -2.35. The van der Waals surface area contributed by atoms with Crippen LogP contribution in [0, 0.1) is 16.7 Å². The van der Waals surface area contributed by atoms with Gasteiger partial charge in [-0.15, -0.1) is 0 Å². The Hall–Kier alpha value is -0.830. The summed E-state index contributed by atoms with van der Waals surface area (Å²) in [6.07, 6.45) is 3.58. The molecule has 3 atom stereocenters. The van der Waals surface area contributed by atoms with E-state index in [9.17, 15) is 9.90 Å². The third kappa shape index (κ3) is 2.25. The van der Waals surface area contributed by atoms with Crippen molar-refractivity contribution in [3.63, 3.8) is 0 Å². The maximum absolute atomic E-state index is 9.81. The maximum atomic E-state index is 9.81. The molecule has 2 saturated carbocycles. The van der Waals surface area contributed by atoms with E-state index in [0.29, 0.717) is 5.41 Å². The molecule has 2 N–H and O–H groups in total. The number of carboxylic acid groups (broad SMARTS) is 1. The third-order valence-corrected chi connectivity index (χ3v) is 5.11. The van der Waals surface area contributed by atoms with E-state index >= 15 is 0 Å². The van der Waals surface area contributed by atoms with E-state index in [1.54, 1.807) is 0 Å². The van der Waals surface area contributed by atoms with E-state index in [4.69, 9.17) is 5.11 Å². The molecule has 0 aromatic carbocycles. The van der Waals surface area contributed by atoms with Gasteiger partial charge in [0.05, 0.1) is 6.10 Å². The van der Waals surface area contributed by atoms with Gasteiger partial charge < -0.3 is 10.2 Å². The number of hydrogen-bond donors (Lipinski definition) is 2. The smallest absolute Gasteiger partial charge is 0.330 e. The summed E-state index contributed by atoms with van der Waals surface area (Å²) in [5, 5.41) is 17.7. The monoisotopic (exact) mass is 240 g/mol. The first kappa shape index (κ1) is 14.2. The SMILES string of the molecule is C=C(C)C(=O)O.CC1(C)C2CCC1(C)C(O)C2. The van der Waals surface area contributed by atoms with Gasteiger partial charge in [-0.2, -0.15) is 0 Å². The van der Waals surface area contributed by atoms with Gasteiger partial charge in [0.25, 0.3) is 0 Å². The first-order chi connectivity index (χ1) is 7.63. The van der Waals surface area contributed by atoms with Gasteiger partial charge in [0.15, 0.2) is 0 Å². The zero-order valence-corrected chi connectivity index (χ0v) is 11.3. The highest BCUT2D eigenvalue weighted by Gasteiger charge is 2.60. The minimum atomic E-state index is -0.935.